The average Bonchev–Trinajstić information content (AvgIpc) is 2.91. The van der Waals surface area contributed by atoms with E-state index in [0.717, 1.165) is 56.3 Å². The fourth-order valence-electron chi connectivity index (χ4n) is 4.83. The number of methoxy groups -OCH3 is 2. The number of aromatic nitrogens is 3. The molecule has 0 aliphatic carbocycles. The molecule has 37 heavy (non-hydrogen) atoms. The molecule has 198 valence electrons. The van der Waals surface area contributed by atoms with Crippen molar-refractivity contribution in [3.05, 3.63) is 28.4 Å². The Labute approximate surface area is 226 Å². The van der Waals surface area contributed by atoms with E-state index >= 15 is 0 Å². The molecule has 0 spiro atoms. The molecule has 11 heteroatoms. The van der Waals surface area contributed by atoms with Gasteiger partial charge in [-0.2, -0.15) is 0 Å². The summed E-state index contributed by atoms with van der Waals surface area (Å²) in [6, 6.07) is 4.02. The van der Waals surface area contributed by atoms with Gasteiger partial charge in [-0.1, -0.05) is 23.2 Å². The monoisotopic (exact) mass is 546 g/mol. The molecule has 9 nitrogen and oxygen atoms in total. The van der Waals surface area contributed by atoms with Gasteiger partial charge >= 0.3 is 0 Å². The molecule has 2 aliphatic rings. The molecule has 2 aromatic heterocycles. The summed E-state index contributed by atoms with van der Waals surface area (Å²) in [6.07, 6.45) is 5.86. The van der Waals surface area contributed by atoms with Crippen molar-refractivity contribution in [3.8, 4) is 22.8 Å². The van der Waals surface area contributed by atoms with Crippen LogP contribution in [0.2, 0.25) is 10.0 Å². The van der Waals surface area contributed by atoms with Crippen molar-refractivity contribution < 1.29 is 14.2 Å². The molecule has 0 saturated carbocycles. The third kappa shape index (κ3) is 5.65. The molecule has 5 rings (SSSR count). The molecule has 0 amide bonds. The molecule has 1 aromatic carbocycles. The van der Waals surface area contributed by atoms with Gasteiger partial charge in [0.25, 0.3) is 0 Å². The SMILES string of the molecule is COc1cc(OC)c(Cl)c(-c2cc3cnc(NC4CCCOC4)nc3c(NC3CCN(C)CC3)n2)c1Cl. The molecule has 4 heterocycles. The number of pyridine rings is 1. The average molecular weight is 547 g/mol. The fraction of sp³-hybridized carbons (Fsp3) is 0.500. The second kappa shape index (κ2) is 11.4. The van der Waals surface area contributed by atoms with Crippen molar-refractivity contribution in [2.75, 3.05) is 58.2 Å². The van der Waals surface area contributed by atoms with Gasteiger partial charge in [0, 0.05) is 35.9 Å². The zero-order valence-electron chi connectivity index (χ0n) is 21.3. The summed E-state index contributed by atoms with van der Waals surface area (Å²) in [5.74, 6) is 2.13. The van der Waals surface area contributed by atoms with Crippen LogP contribution in [0, 0.1) is 0 Å². The van der Waals surface area contributed by atoms with Crippen LogP contribution in [-0.4, -0.2) is 79.5 Å². The van der Waals surface area contributed by atoms with E-state index in [2.05, 4.69) is 27.6 Å². The molecule has 1 unspecified atom stereocenters. The lowest BCUT2D eigenvalue weighted by molar-refractivity contribution is 0.0874. The molecular formula is C26H32Cl2N6O3. The van der Waals surface area contributed by atoms with Crippen molar-refractivity contribution >= 4 is 45.9 Å². The van der Waals surface area contributed by atoms with E-state index < -0.39 is 0 Å². The number of piperidine rings is 1. The summed E-state index contributed by atoms with van der Waals surface area (Å²) >= 11 is 13.5. The molecule has 2 N–H and O–H groups in total. The normalized spacial score (nSPS) is 19.1. The first kappa shape index (κ1) is 26.0. The first-order valence-corrected chi connectivity index (χ1v) is 13.3. The number of ether oxygens (including phenoxy) is 3. The van der Waals surface area contributed by atoms with E-state index in [9.17, 15) is 0 Å². The van der Waals surface area contributed by atoms with Crippen molar-refractivity contribution in [2.45, 2.75) is 37.8 Å². The number of likely N-dealkylation sites (tertiary alicyclic amines) is 1. The maximum Gasteiger partial charge on any atom is 0.223 e. The number of anilines is 2. The van der Waals surface area contributed by atoms with Gasteiger partial charge in [0.1, 0.15) is 17.0 Å². The molecule has 2 saturated heterocycles. The van der Waals surface area contributed by atoms with Crippen molar-refractivity contribution in [3.63, 3.8) is 0 Å². The summed E-state index contributed by atoms with van der Waals surface area (Å²) in [7, 11) is 5.25. The van der Waals surface area contributed by atoms with Gasteiger partial charge in [-0.05, 0) is 51.9 Å². The van der Waals surface area contributed by atoms with Gasteiger partial charge in [0.2, 0.25) is 5.95 Å². The van der Waals surface area contributed by atoms with E-state index in [1.54, 1.807) is 26.5 Å². The highest BCUT2D eigenvalue weighted by atomic mass is 35.5. The lowest BCUT2D eigenvalue weighted by Crippen LogP contribution is -2.37. The van der Waals surface area contributed by atoms with Crippen LogP contribution >= 0.6 is 23.2 Å². The summed E-state index contributed by atoms with van der Waals surface area (Å²) in [5.41, 5.74) is 1.86. The molecule has 2 fully saturated rings. The van der Waals surface area contributed by atoms with E-state index in [0.29, 0.717) is 51.2 Å². The highest BCUT2D eigenvalue weighted by molar-refractivity contribution is 6.41. The number of nitrogens with one attached hydrogen (secondary N) is 2. The first-order valence-electron chi connectivity index (χ1n) is 12.5. The Hall–Kier alpha value is -2.59. The van der Waals surface area contributed by atoms with E-state index in [-0.39, 0.29) is 12.1 Å². The standard InChI is InChI=1S/C26H32Cl2N6O3/c1-34-8-6-16(7-9-34)30-25-24-15(13-29-26(33-24)31-17-5-4-10-37-14-17)11-18(32-25)21-22(27)19(35-2)12-20(36-3)23(21)28/h11-13,16-17H,4-10,14H2,1-3H3,(H,30,32)(H,29,31,33). The number of halogens is 2. The number of rotatable bonds is 7. The Morgan fingerprint density at radius 2 is 1.70 bits per heavy atom. The highest BCUT2D eigenvalue weighted by Gasteiger charge is 2.24. The van der Waals surface area contributed by atoms with Gasteiger partial charge in [-0.25, -0.2) is 15.0 Å². The van der Waals surface area contributed by atoms with E-state index in [4.69, 9.17) is 47.4 Å². The zero-order chi connectivity index (χ0) is 25.9. The van der Waals surface area contributed by atoms with Crippen molar-refractivity contribution in [1.29, 1.82) is 0 Å². The third-order valence-corrected chi connectivity index (χ3v) is 7.70. The van der Waals surface area contributed by atoms with Crippen LogP contribution in [-0.2, 0) is 4.74 Å². The molecule has 0 bridgehead atoms. The molecule has 3 aromatic rings. The minimum absolute atomic E-state index is 0.186. The van der Waals surface area contributed by atoms with E-state index in [1.807, 2.05) is 6.07 Å². The Morgan fingerprint density at radius 3 is 2.35 bits per heavy atom. The quantitative estimate of drug-likeness (QED) is 0.419. The van der Waals surface area contributed by atoms with Crippen molar-refractivity contribution in [1.82, 2.24) is 19.9 Å². The topological polar surface area (TPSA) is 93.7 Å². The molecular weight excluding hydrogens is 515 g/mol. The third-order valence-electron chi connectivity index (χ3n) is 6.95. The predicted octanol–water partition coefficient (Wildman–Crippen LogP) is 5.11. The van der Waals surface area contributed by atoms with Gasteiger partial charge in [-0.3, -0.25) is 0 Å². The second-order valence-electron chi connectivity index (χ2n) is 9.55. The summed E-state index contributed by atoms with van der Waals surface area (Å²) in [4.78, 5) is 16.8. The number of fused-ring (bicyclic) bond motifs is 1. The van der Waals surface area contributed by atoms with Gasteiger partial charge in [0.15, 0.2) is 5.82 Å². The maximum atomic E-state index is 6.74. The zero-order valence-corrected chi connectivity index (χ0v) is 22.8. The summed E-state index contributed by atoms with van der Waals surface area (Å²) < 4.78 is 16.6. The minimum Gasteiger partial charge on any atom is -0.495 e. The van der Waals surface area contributed by atoms with Crippen LogP contribution in [0.1, 0.15) is 25.7 Å². The molecule has 0 radical (unpaired) electrons. The second-order valence-corrected chi connectivity index (χ2v) is 10.3. The molecule has 1 atom stereocenters. The Bertz CT molecular complexity index is 1230. The Balaban J connectivity index is 1.59. The number of hydrogen-bond donors (Lipinski definition) is 2. The van der Waals surface area contributed by atoms with Crippen LogP contribution in [0.25, 0.3) is 22.2 Å². The minimum atomic E-state index is 0.186. The summed E-state index contributed by atoms with van der Waals surface area (Å²) in [5, 5.41) is 8.62. The fourth-order valence-corrected chi connectivity index (χ4v) is 5.53. The lowest BCUT2D eigenvalue weighted by Gasteiger charge is -2.30. The number of hydrogen-bond acceptors (Lipinski definition) is 9. The van der Waals surface area contributed by atoms with Gasteiger partial charge < -0.3 is 29.7 Å². The Morgan fingerprint density at radius 1 is 0.973 bits per heavy atom. The van der Waals surface area contributed by atoms with Gasteiger partial charge in [-0.15, -0.1) is 0 Å². The van der Waals surface area contributed by atoms with Crippen LogP contribution in [0.4, 0.5) is 11.8 Å². The highest BCUT2D eigenvalue weighted by Crippen LogP contribution is 2.46. The predicted molar refractivity (Wildman–Crippen MR) is 147 cm³/mol. The van der Waals surface area contributed by atoms with Crippen LogP contribution in [0.5, 0.6) is 11.5 Å². The van der Waals surface area contributed by atoms with Crippen LogP contribution in [0.3, 0.4) is 0 Å². The van der Waals surface area contributed by atoms with Crippen LogP contribution < -0.4 is 20.1 Å². The number of benzene rings is 1. The molecule has 2 aliphatic heterocycles. The van der Waals surface area contributed by atoms with Gasteiger partial charge in [0.05, 0.1) is 42.6 Å². The van der Waals surface area contributed by atoms with Crippen LogP contribution in [0.15, 0.2) is 18.3 Å². The lowest BCUT2D eigenvalue weighted by atomic mass is 10.0. The summed E-state index contributed by atoms with van der Waals surface area (Å²) in [6.45, 7) is 3.48. The maximum absolute atomic E-state index is 6.74. The Kier molecular flexibility index (Phi) is 8.04. The first-order chi connectivity index (χ1) is 18.0. The smallest absolute Gasteiger partial charge is 0.223 e. The largest absolute Gasteiger partial charge is 0.495 e. The number of nitrogens with zero attached hydrogens (tertiary/aromatic N) is 4. The van der Waals surface area contributed by atoms with E-state index in [1.165, 1.54) is 0 Å². The van der Waals surface area contributed by atoms with Crippen molar-refractivity contribution in [2.24, 2.45) is 0 Å².